The summed E-state index contributed by atoms with van der Waals surface area (Å²) in [5.41, 5.74) is 0.248. The smallest absolute Gasteiger partial charge is 0.334 e. The Hall–Kier alpha value is -1.66. The third-order valence-electron chi connectivity index (χ3n) is 4.89. The van der Waals surface area contributed by atoms with E-state index in [2.05, 4.69) is 6.58 Å². The van der Waals surface area contributed by atoms with Crippen LogP contribution in [0.25, 0.3) is 0 Å². The summed E-state index contributed by atoms with van der Waals surface area (Å²) < 4.78 is 16.2. The molecule has 3 aliphatic heterocycles. The van der Waals surface area contributed by atoms with Crippen molar-refractivity contribution in [2.24, 2.45) is 5.92 Å². The maximum atomic E-state index is 11.9. The molecule has 0 spiro atoms. The van der Waals surface area contributed by atoms with Crippen molar-refractivity contribution in [2.45, 2.75) is 49.8 Å². The van der Waals surface area contributed by atoms with E-state index in [0.717, 1.165) is 0 Å². The summed E-state index contributed by atoms with van der Waals surface area (Å²) in [6.45, 7) is 5.60. The predicted molar refractivity (Wildman–Crippen MR) is 69.0 cm³/mol. The minimum absolute atomic E-state index is 0.291. The Morgan fingerprint density at radius 1 is 1.33 bits per heavy atom. The molecule has 1 aliphatic carbocycles. The van der Waals surface area contributed by atoms with E-state index in [1.807, 2.05) is 6.92 Å². The maximum absolute atomic E-state index is 11.9. The Morgan fingerprint density at radius 2 is 2.10 bits per heavy atom. The number of rotatable bonds is 0. The largest absolute Gasteiger partial charge is 0.455 e. The van der Waals surface area contributed by atoms with Crippen molar-refractivity contribution in [1.29, 1.82) is 0 Å². The molecule has 2 fully saturated rings. The minimum atomic E-state index is -0.920. The number of epoxide rings is 1. The van der Waals surface area contributed by atoms with Crippen LogP contribution in [0.5, 0.6) is 0 Å². The second kappa shape index (κ2) is 3.96. The van der Waals surface area contributed by atoms with Crippen LogP contribution in [0.1, 0.15) is 19.8 Å². The first kappa shape index (κ1) is 13.0. The first-order valence-corrected chi connectivity index (χ1v) is 7.06. The van der Waals surface area contributed by atoms with E-state index < -0.39 is 35.8 Å². The van der Waals surface area contributed by atoms with Crippen LogP contribution >= 0.6 is 0 Å². The Morgan fingerprint density at radius 3 is 2.86 bits per heavy atom. The number of hydrogen-bond acceptors (Lipinski definition) is 6. The first-order valence-electron chi connectivity index (χ1n) is 7.06. The molecule has 6 unspecified atom stereocenters. The van der Waals surface area contributed by atoms with Crippen LogP contribution in [0, 0.1) is 5.92 Å². The summed E-state index contributed by atoms with van der Waals surface area (Å²) in [6.07, 6.45) is 0.188. The fourth-order valence-electron chi connectivity index (χ4n) is 3.63. The number of ether oxygens (including phenoxy) is 3. The molecule has 21 heavy (non-hydrogen) atoms. The summed E-state index contributed by atoms with van der Waals surface area (Å²) in [5, 5.41) is 10.5. The Kier molecular flexibility index (Phi) is 2.45. The molecule has 0 aromatic carbocycles. The fraction of sp³-hybridized carbons (Fsp3) is 0.600. The predicted octanol–water partition coefficient (Wildman–Crippen LogP) is 0.248. The highest BCUT2D eigenvalue weighted by Crippen LogP contribution is 2.49. The topological polar surface area (TPSA) is 85.4 Å². The summed E-state index contributed by atoms with van der Waals surface area (Å²) in [5.74, 6) is -1.31. The molecule has 4 rings (SSSR count). The molecule has 0 aromatic heterocycles. The van der Waals surface area contributed by atoms with Gasteiger partial charge in [0.2, 0.25) is 0 Å². The lowest BCUT2D eigenvalue weighted by atomic mass is 9.83. The van der Waals surface area contributed by atoms with Gasteiger partial charge in [-0.15, -0.1) is 0 Å². The van der Waals surface area contributed by atoms with Crippen molar-refractivity contribution in [3.05, 3.63) is 23.8 Å². The number of fused-ring (bicyclic) bond motifs is 3. The average molecular weight is 292 g/mol. The van der Waals surface area contributed by atoms with Gasteiger partial charge in [-0.1, -0.05) is 6.58 Å². The van der Waals surface area contributed by atoms with Gasteiger partial charge in [-0.25, -0.2) is 9.59 Å². The van der Waals surface area contributed by atoms with Gasteiger partial charge < -0.3 is 19.3 Å². The van der Waals surface area contributed by atoms with Crippen LogP contribution in [-0.2, 0) is 23.8 Å². The van der Waals surface area contributed by atoms with Crippen LogP contribution in [0.3, 0.4) is 0 Å². The lowest BCUT2D eigenvalue weighted by Gasteiger charge is -2.23. The highest BCUT2D eigenvalue weighted by atomic mass is 16.6. The second-order valence-corrected chi connectivity index (χ2v) is 6.39. The standard InChI is InChI=1S/C15H16O6/c1-6-9-4-7-3-8(19-14(7)18)5-15(2)12(21-15)10(16)11(9)20-13(6)17/h3,8-12,16H,1,4-5H2,2H3. The van der Waals surface area contributed by atoms with Gasteiger partial charge in [-0.3, -0.25) is 0 Å². The number of carbonyl (C=O) groups excluding carboxylic acids is 2. The Balaban J connectivity index is 1.74. The summed E-state index contributed by atoms with van der Waals surface area (Å²) >= 11 is 0. The molecule has 2 saturated heterocycles. The van der Waals surface area contributed by atoms with Crippen LogP contribution in [0.2, 0.25) is 0 Å². The SMILES string of the molecule is C=C1C(=O)OC2C1CC1=CC(CC3(C)OC3C2O)OC1=O. The summed E-state index contributed by atoms with van der Waals surface area (Å²) in [6, 6.07) is 0. The fourth-order valence-corrected chi connectivity index (χ4v) is 3.63. The van der Waals surface area contributed by atoms with Crippen molar-refractivity contribution in [3.63, 3.8) is 0 Å². The quantitative estimate of drug-likeness (QED) is 0.391. The molecule has 6 nitrogen and oxygen atoms in total. The van der Waals surface area contributed by atoms with Gasteiger partial charge in [0.25, 0.3) is 0 Å². The van der Waals surface area contributed by atoms with Crippen molar-refractivity contribution in [3.8, 4) is 0 Å². The Bertz CT molecular complexity index is 593. The van der Waals surface area contributed by atoms with Crippen LogP contribution in [0.15, 0.2) is 23.8 Å². The lowest BCUT2D eigenvalue weighted by molar-refractivity contribution is -0.144. The zero-order chi connectivity index (χ0) is 14.9. The van der Waals surface area contributed by atoms with Gasteiger partial charge in [-0.05, 0) is 19.4 Å². The van der Waals surface area contributed by atoms with Gasteiger partial charge >= 0.3 is 11.9 Å². The zero-order valence-electron chi connectivity index (χ0n) is 11.6. The van der Waals surface area contributed by atoms with E-state index in [1.165, 1.54) is 0 Å². The highest BCUT2D eigenvalue weighted by molar-refractivity contribution is 5.93. The maximum Gasteiger partial charge on any atom is 0.334 e. The van der Waals surface area contributed by atoms with Gasteiger partial charge in [-0.2, -0.15) is 0 Å². The molecule has 6 heteroatoms. The van der Waals surface area contributed by atoms with Crippen LogP contribution < -0.4 is 0 Å². The molecule has 0 aromatic rings. The normalized spacial score (nSPS) is 48.0. The van der Waals surface area contributed by atoms with Gasteiger partial charge in [0.1, 0.15) is 24.4 Å². The molecule has 2 bridgehead atoms. The molecule has 1 N–H and O–H groups in total. The van der Waals surface area contributed by atoms with Crippen LogP contribution in [-0.4, -0.2) is 47.1 Å². The lowest BCUT2D eigenvalue weighted by Crippen LogP contribution is -2.39. The Labute approximate surface area is 121 Å². The molecular formula is C15H16O6. The summed E-state index contributed by atoms with van der Waals surface area (Å²) in [4.78, 5) is 23.7. The molecular weight excluding hydrogens is 276 g/mol. The van der Waals surface area contributed by atoms with Crippen LogP contribution in [0.4, 0.5) is 0 Å². The molecule has 0 amide bonds. The number of hydrogen-bond donors (Lipinski definition) is 1. The van der Waals surface area contributed by atoms with E-state index in [1.54, 1.807) is 6.08 Å². The van der Waals surface area contributed by atoms with E-state index in [0.29, 0.717) is 24.0 Å². The van der Waals surface area contributed by atoms with Gasteiger partial charge in [0, 0.05) is 23.5 Å². The molecule has 4 aliphatic rings. The first-order chi connectivity index (χ1) is 9.89. The number of aliphatic hydroxyl groups excluding tert-OH is 1. The monoisotopic (exact) mass is 292 g/mol. The molecule has 3 heterocycles. The van der Waals surface area contributed by atoms with E-state index in [9.17, 15) is 14.7 Å². The van der Waals surface area contributed by atoms with Gasteiger partial charge in [0.15, 0.2) is 0 Å². The third kappa shape index (κ3) is 1.79. The number of aliphatic hydroxyl groups is 1. The van der Waals surface area contributed by atoms with E-state index in [4.69, 9.17) is 14.2 Å². The van der Waals surface area contributed by atoms with Crippen molar-refractivity contribution in [2.75, 3.05) is 0 Å². The minimum Gasteiger partial charge on any atom is -0.455 e. The molecule has 112 valence electrons. The third-order valence-corrected chi connectivity index (χ3v) is 4.89. The molecule has 0 radical (unpaired) electrons. The molecule has 6 atom stereocenters. The van der Waals surface area contributed by atoms with Gasteiger partial charge in [0.05, 0.1) is 5.60 Å². The van der Waals surface area contributed by atoms with Crippen molar-refractivity contribution >= 4 is 11.9 Å². The van der Waals surface area contributed by atoms with E-state index in [-0.39, 0.29) is 12.1 Å². The second-order valence-electron chi connectivity index (χ2n) is 6.39. The number of esters is 2. The molecule has 0 saturated carbocycles. The average Bonchev–Trinajstić information content (AvgIpc) is 2.85. The van der Waals surface area contributed by atoms with E-state index >= 15 is 0 Å². The summed E-state index contributed by atoms with van der Waals surface area (Å²) in [7, 11) is 0. The zero-order valence-corrected chi connectivity index (χ0v) is 11.6. The number of carbonyl (C=O) groups is 2. The van der Waals surface area contributed by atoms with Crippen molar-refractivity contribution < 1.29 is 28.9 Å². The highest BCUT2D eigenvalue weighted by Gasteiger charge is 2.62. The van der Waals surface area contributed by atoms with Crippen molar-refractivity contribution in [1.82, 2.24) is 0 Å².